The Balaban J connectivity index is 3.49. The maximum Gasteiger partial charge on any atom is 0.543 e. The van der Waals surface area contributed by atoms with Crippen LogP contribution in [0.15, 0.2) is 0 Å². The minimum atomic E-state index is -4.62. The second kappa shape index (κ2) is 4.85. The van der Waals surface area contributed by atoms with Crippen LogP contribution in [0.3, 0.4) is 0 Å². The van der Waals surface area contributed by atoms with E-state index in [2.05, 4.69) is 14.5 Å². The molecule has 1 atom stereocenters. The molecule has 0 amide bonds. The molecule has 0 N–H and O–H groups in total. The summed E-state index contributed by atoms with van der Waals surface area (Å²) in [5.74, 6) is 0. The summed E-state index contributed by atoms with van der Waals surface area (Å²) in [6.45, 7) is -0.923. The molecule has 8 heteroatoms. The average molecular weight is 206 g/mol. The molecule has 0 aromatic heterocycles. The summed E-state index contributed by atoms with van der Waals surface area (Å²) in [6.07, 6.45) is -8.26. The van der Waals surface area contributed by atoms with Gasteiger partial charge in [0.25, 0.3) is 0 Å². The molecule has 13 heavy (non-hydrogen) atoms. The van der Waals surface area contributed by atoms with Crippen molar-refractivity contribution in [2.24, 2.45) is 0 Å². The third kappa shape index (κ3) is 8.86. The molecule has 4 nitrogen and oxygen atoms in total. The van der Waals surface area contributed by atoms with Crippen molar-refractivity contribution in [2.45, 2.75) is 19.5 Å². The molecule has 0 heterocycles. The predicted molar refractivity (Wildman–Crippen MR) is 30.1 cm³/mol. The summed E-state index contributed by atoms with van der Waals surface area (Å²) in [5.41, 5.74) is 0. The number of halogens is 4. The lowest BCUT2D eigenvalue weighted by Crippen LogP contribution is -2.20. The van der Waals surface area contributed by atoms with E-state index in [1.807, 2.05) is 0 Å². The van der Waals surface area contributed by atoms with Crippen LogP contribution in [0.5, 0.6) is 0 Å². The van der Waals surface area contributed by atoms with Gasteiger partial charge in [0, 0.05) is 6.92 Å². The van der Waals surface area contributed by atoms with Gasteiger partial charge in [0.15, 0.2) is 6.61 Å². The normalized spacial score (nSPS) is 13.6. The fraction of sp³-hybridized carbons (Fsp3) is 0.800. The summed E-state index contributed by atoms with van der Waals surface area (Å²) in [4.78, 5) is 17.0. The van der Waals surface area contributed by atoms with Gasteiger partial charge in [-0.25, -0.2) is 9.18 Å². The molecule has 0 radical (unpaired) electrons. The first-order chi connectivity index (χ1) is 5.81. The molecule has 0 saturated heterocycles. The van der Waals surface area contributed by atoms with E-state index in [1.54, 1.807) is 0 Å². The van der Waals surface area contributed by atoms with Gasteiger partial charge in [-0.2, -0.15) is 18.1 Å². The fourth-order valence-corrected chi connectivity index (χ4v) is 0.297. The van der Waals surface area contributed by atoms with Gasteiger partial charge in [-0.1, -0.05) is 0 Å². The SMILES string of the molecule is CC(F)OC(=O)OOCC(F)(F)F. The molecule has 0 aliphatic heterocycles. The second-order valence-electron chi connectivity index (χ2n) is 1.87. The first-order valence-electron chi connectivity index (χ1n) is 3.02. The highest BCUT2D eigenvalue weighted by atomic mass is 19.4. The van der Waals surface area contributed by atoms with Crippen LogP contribution in [-0.4, -0.2) is 25.3 Å². The van der Waals surface area contributed by atoms with Crippen molar-refractivity contribution < 1.29 is 36.9 Å². The van der Waals surface area contributed by atoms with E-state index in [-0.39, 0.29) is 0 Å². The number of carbonyl (C=O) groups excluding carboxylic acids is 1. The third-order valence-electron chi connectivity index (χ3n) is 0.608. The van der Waals surface area contributed by atoms with E-state index in [4.69, 9.17) is 0 Å². The largest absolute Gasteiger partial charge is 0.543 e. The Labute approximate surface area is 70.3 Å². The van der Waals surface area contributed by atoms with Gasteiger partial charge >= 0.3 is 12.3 Å². The average Bonchev–Trinajstić information content (AvgIpc) is 1.81. The maximum absolute atomic E-state index is 11.8. The van der Waals surface area contributed by atoms with Crippen LogP contribution in [-0.2, 0) is 14.5 Å². The number of carbonyl (C=O) groups is 1. The Morgan fingerprint density at radius 1 is 1.46 bits per heavy atom. The number of alkyl halides is 4. The minimum absolute atomic E-state index is 0.852. The molecule has 0 aromatic rings. The Kier molecular flexibility index (Phi) is 4.46. The number of ether oxygens (including phenoxy) is 1. The van der Waals surface area contributed by atoms with E-state index in [0.29, 0.717) is 0 Å². The monoisotopic (exact) mass is 206 g/mol. The van der Waals surface area contributed by atoms with Crippen LogP contribution in [0.1, 0.15) is 6.92 Å². The topological polar surface area (TPSA) is 44.8 Å². The lowest BCUT2D eigenvalue weighted by Gasteiger charge is -2.06. The standard InChI is InChI=1S/C5H6F4O4/c1-3(6)12-4(10)13-11-2-5(7,8)9/h3H,2H2,1H3. The molecule has 0 rings (SSSR count). The molecule has 0 saturated carbocycles. The van der Waals surface area contributed by atoms with Crippen molar-refractivity contribution in [1.82, 2.24) is 0 Å². The lowest BCUT2D eigenvalue weighted by atomic mass is 10.7. The molecule has 0 aliphatic carbocycles. The summed E-state index contributed by atoms with van der Waals surface area (Å²) in [7, 11) is 0. The van der Waals surface area contributed by atoms with Crippen molar-refractivity contribution in [1.29, 1.82) is 0 Å². The van der Waals surface area contributed by atoms with Gasteiger partial charge < -0.3 is 4.74 Å². The maximum atomic E-state index is 11.8. The van der Waals surface area contributed by atoms with Crippen molar-refractivity contribution in [3.8, 4) is 0 Å². The Morgan fingerprint density at radius 2 is 2.00 bits per heavy atom. The van der Waals surface area contributed by atoms with Crippen molar-refractivity contribution in [3.05, 3.63) is 0 Å². The van der Waals surface area contributed by atoms with Crippen LogP contribution in [0.4, 0.5) is 22.4 Å². The zero-order valence-electron chi connectivity index (χ0n) is 6.43. The van der Waals surface area contributed by atoms with Crippen molar-refractivity contribution in [2.75, 3.05) is 6.61 Å². The Bertz CT molecular complexity index is 166. The van der Waals surface area contributed by atoms with Crippen molar-refractivity contribution >= 4 is 6.16 Å². The highest BCUT2D eigenvalue weighted by Gasteiger charge is 2.29. The third-order valence-corrected chi connectivity index (χ3v) is 0.608. The molecule has 0 fully saturated rings. The molecular formula is C5H6F4O4. The van der Waals surface area contributed by atoms with Crippen LogP contribution in [0.25, 0.3) is 0 Å². The predicted octanol–water partition coefficient (Wildman–Crippen LogP) is 1.95. The quantitative estimate of drug-likeness (QED) is 0.306. The first-order valence-corrected chi connectivity index (χ1v) is 3.02. The van der Waals surface area contributed by atoms with E-state index in [1.165, 1.54) is 0 Å². The highest BCUT2D eigenvalue weighted by Crippen LogP contribution is 2.14. The molecule has 0 bridgehead atoms. The molecule has 0 aromatic carbocycles. The first kappa shape index (κ1) is 11.9. The number of hydrogen-bond acceptors (Lipinski definition) is 4. The summed E-state index contributed by atoms with van der Waals surface area (Å²) < 4.78 is 49.5. The minimum Gasteiger partial charge on any atom is -0.398 e. The number of hydrogen-bond donors (Lipinski definition) is 0. The van der Waals surface area contributed by atoms with Crippen LogP contribution < -0.4 is 0 Å². The van der Waals surface area contributed by atoms with Gasteiger partial charge in [-0.3, -0.25) is 4.89 Å². The molecule has 0 aliphatic rings. The van der Waals surface area contributed by atoms with E-state index in [9.17, 15) is 22.4 Å². The van der Waals surface area contributed by atoms with Crippen molar-refractivity contribution in [3.63, 3.8) is 0 Å². The van der Waals surface area contributed by atoms with E-state index in [0.717, 1.165) is 6.92 Å². The van der Waals surface area contributed by atoms with Gasteiger partial charge in [0.2, 0.25) is 6.36 Å². The fourth-order valence-electron chi connectivity index (χ4n) is 0.297. The molecular weight excluding hydrogens is 200 g/mol. The van der Waals surface area contributed by atoms with Crippen LogP contribution in [0, 0.1) is 0 Å². The van der Waals surface area contributed by atoms with Crippen LogP contribution >= 0.6 is 0 Å². The Morgan fingerprint density at radius 3 is 2.38 bits per heavy atom. The highest BCUT2D eigenvalue weighted by molar-refractivity contribution is 5.59. The van der Waals surface area contributed by atoms with Gasteiger partial charge in [0.1, 0.15) is 0 Å². The smallest absolute Gasteiger partial charge is 0.398 e. The molecule has 78 valence electrons. The lowest BCUT2D eigenvalue weighted by molar-refractivity contribution is -0.313. The summed E-state index contributed by atoms with van der Waals surface area (Å²) in [5, 5.41) is 0. The Hall–Kier alpha value is -1.05. The number of rotatable bonds is 3. The summed E-state index contributed by atoms with van der Waals surface area (Å²) >= 11 is 0. The molecule has 0 spiro atoms. The van der Waals surface area contributed by atoms with E-state index >= 15 is 0 Å². The van der Waals surface area contributed by atoms with E-state index < -0.39 is 25.3 Å². The second-order valence-corrected chi connectivity index (χ2v) is 1.87. The van der Waals surface area contributed by atoms with Crippen LogP contribution in [0.2, 0.25) is 0 Å². The zero-order chi connectivity index (χ0) is 10.5. The zero-order valence-corrected chi connectivity index (χ0v) is 6.43. The summed E-state index contributed by atoms with van der Waals surface area (Å²) in [6, 6.07) is 0. The molecule has 1 unspecified atom stereocenters. The van der Waals surface area contributed by atoms with Gasteiger partial charge in [-0.05, 0) is 0 Å². The van der Waals surface area contributed by atoms with Gasteiger partial charge in [0.05, 0.1) is 0 Å². The van der Waals surface area contributed by atoms with Gasteiger partial charge in [-0.15, -0.1) is 0 Å².